The largest absolute Gasteiger partial charge is 0.332 e. The maximum absolute atomic E-state index is 11.2. The molecule has 0 fully saturated rings. The highest BCUT2D eigenvalue weighted by molar-refractivity contribution is 7.99. The lowest BCUT2D eigenvalue weighted by atomic mass is 10.1. The Labute approximate surface area is 144 Å². The summed E-state index contributed by atoms with van der Waals surface area (Å²) in [5.41, 5.74) is 2.32. The number of hydrogen-bond donors (Lipinski definition) is 2. The van der Waals surface area contributed by atoms with Gasteiger partial charge in [0.1, 0.15) is 0 Å². The van der Waals surface area contributed by atoms with Crippen LogP contribution in [-0.4, -0.2) is 16.6 Å². The summed E-state index contributed by atoms with van der Waals surface area (Å²) >= 11 is 6.76. The smallest absolute Gasteiger partial charge is 0.175 e. The van der Waals surface area contributed by atoms with Gasteiger partial charge in [-0.05, 0) is 61.6 Å². The van der Waals surface area contributed by atoms with Crippen LogP contribution in [0, 0.1) is 11.3 Å². The minimum Gasteiger partial charge on any atom is -0.332 e. The van der Waals surface area contributed by atoms with Gasteiger partial charge in [-0.3, -0.25) is 4.79 Å². The number of thiocarbonyl (C=S) groups is 1. The van der Waals surface area contributed by atoms with Crippen LogP contribution in [0.3, 0.4) is 0 Å². The molecule has 0 heterocycles. The third-order valence-electron chi connectivity index (χ3n) is 2.94. The van der Waals surface area contributed by atoms with Crippen LogP contribution in [0.15, 0.2) is 53.4 Å². The van der Waals surface area contributed by atoms with E-state index in [2.05, 4.69) is 16.7 Å². The van der Waals surface area contributed by atoms with Gasteiger partial charge < -0.3 is 10.6 Å². The lowest BCUT2D eigenvalue weighted by Gasteiger charge is -2.11. The maximum Gasteiger partial charge on any atom is 0.175 e. The SMILES string of the molecule is CC(=O)c1ccc(NC(=S)Nc2cccc(SCC#N)c2)cc1. The molecule has 4 nitrogen and oxygen atoms in total. The molecule has 2 N–H and O–H groups in total. The number of carbonyl (C=O) groups excluding carboxylic acids is 1. The lowest BCUT2D eigenvalue weighted by molar-refractivity contribution is 0.101. The van der Waals surface area contributed by atoms with Crippen LogP contribution < -0.4 is 10.6 Å². The lowest BCUT2D eigenvalue weighted by Crippen LogP contribution is -2.19. The zero-order chi connectivity index (χ0) is 16.7. The van der Waals surface area contributed by atoms with E-state index in [-0.39, 0.29) is 5.78 Å². The van der Waals surface area contributed by atoms with E-state index in [9.17, 15) is 4.79 Å². The second kappa shape index (κ2) is 8.32. The van der Waals surface area contributed by atoms with Crippen LogP contribution in [0.4, 0.5) is 11.4 Å². The first-order valence-corrected chi connectivity index (χ1v) is 8.26. The molecule has 0 saturated carbocycles. The minimum absolute atomic E-state index is 0.0314. The Balaban J connectivity index is 1.96. The summed E-state index contributed by atoms with van der Waals surface area (Å²) < 4.78 is 0. The van der Waals surface area contributed by atoms with Gasteiger partial charge in [-0.15, -0.1) is 11.8 Å². The van der Waals surface area contributed by atoms with E-state index < -0.39 is 0 Å². The van der Waals surface area contributed by atoms with Crippen molar-refractivity contribution in [2.75, 3.05) is 16.4 Å². The summed E-state index contributed by atoms with van der Waals surface area (Å²) in [5.74, 6) is 0.443. The minimum atomic E-state index is 0.0314. The normalized spacial score (nSPS) is 9.74. The number of rotatable bonds is 5. The van der Waals surface area contributed by atoms with E-state index in [0.717, 1.165) is 16.3 Å². The van der Waals surface area contributed by atoms with E-state index in [1.807, 2.05) is 36.4 Å². The molecule has 0 aliphatic heterocycles. The van der Waals surface area contributed by atoms with E-state index in [0.29, 0.717) is 16.4 Å². The maximum atomic E-state index is 11.2. The highest BCUT2D eigenvalue weighted by Gasteiger charge is 2.02. The van der Waals surface area contributed by atoms with Gasteiger partial charge in [-0.1, -0.05) is 6.07 Å². The van der Waals surface area contributed by atoms with Crippen molar-refractivity contribution in [2.45, 2.75) is 11.8 Å². The number of nitriles is 1. The van der Waals surface area contributed by atoms with Crippen LogP contribution in [0.2, 0.25) is 0 Å². The Hall–Kier alpha value is -2.36. The van der Waals surface area contributed by atoms with Crippen LogP contribution in [0.1, 0.15) is 17.3 Å². The van der Waals surface area contributed by atoms with Gasteiger partial charge in [-0.2, -0.15) is 5.26 Å². The van der Waals surface area contributed by atoms with Gasteiger partial charge in [0.15, 0.2) is 10.9 Å². The average molecular weight is 341 g/mol. The number of benzene rings is 2. The zero-order valence-corrected chi connectivity index (χ0v) is 14.1. The molecule has 116 valence electrons. The van der Waals surface area contributed by atoms with E-state index in [1.54, 1.807) is 12.1 Å². The molecule has 0 bridgehead atoms. The third kappa shape index (κ3) is 5.40. The number of Topliss-reactive ketones (excluding diaryl/α,β-unsaturated/α-hetero) is 1. The Morgan fingerprint density at radius 3 is 2.52 bits per heavy atom. The monoisotopic (exact) mass is 341 g/mol. The van der Waals surface area contributed by atoms with Gasteiger partial charge in [0.05, 0.1) is 11.8 Å². The van der Waals surface area contributed by atoms with E-state index in [4.69, 9.17) is 17.5 Å². The Morgan fingerprint density at radius 2 is 1.87 bits per heavy atom. The van der Waals surface area contributed by atoms with Crippen molar-refractivity contribution in [3.05, 3.63) is 54.1 Å². The topological polar surface area (TPSA) is 64.9 Å². The first-order valence-electron chi connectivity index (χ1n) is 6.87. The average Bonchev–Trinajstić information content (AvgIpc) is 2.53. The molecule has 2 aromatic carbocycles. The van der Waals surface area contributed by atoms with Gasteiger partial charge in [-0.25, -0.2) is 0 Å². The van der Waals surface area contributed by atoms with E-state index in [1.165, 1.54) is 18.7 Å². The summed E-state index contributed by atoms with van der Waals surface area (Å²) in [5, 5.41) is 15.3. The first kappa shape index (κ1) is 17.0. The molecule has 6 heteroatoms. The number of nitrogens with zero attached hydrogens (tertiary/aromatic N) is 1. The molecule has 0 aliphatic carbocycles. The highest BCUT2D eigenvalue weighted by atomic mass is 32.2. The summed E-state index contributed by atoms with van der Waals surface area (Å²) in [6.45, 7) is 1.53. The molecule has 0 amide bonds. The molecule has 0 saturated heterocycles. The molecule has 23 heavy (non-hydrogen) atoms. The Kier molecular flexibility index (Phi) is 6.15. The van der Waals surface area contributed by atoms with Gasteiger partial charge >= 0.3 is 0 Å². The number of anilines is 2. The predicted molar refractivity (Wildman–Crippen MR) is 99.1 cm³/mol. The van der Waals surface area contributed by atoms with Crippen LogP contribution in [0.25, 0.3) is 0 Å². The van der Waals surface area contributed by atoms with Crippen molar-refractivity contribution in [2.24, 2.45) is 0 Å². The van der Waals surface area contributed by atoms with Crippen molar-refractivity contribution in [1.82, 2.24) is 0 Å². The van der Waals surface area contributed by atoms with Gasteiger partial charge in [0.2, 0.25) is 0 Å². The standard InChI is InChI=1S/C17H15N3OS2/c1-12(21)13-5-7-14(8-6-13)19-17(22)20-15-3-2-4-16(11-15)23-10-9-18/h2-8,11H,10H2,1H3,(H2,19,20,22). The van der Waals surface area contributed by atoms with Crippen molar-refractivity contribution in [1.29, 1.82) is 5.26 Å². The predicted octanol–water partition coefficient (Wildman–Crippen LogP) is 4.31. The fourth-order valence-corrected chi connectivity index (χ4v) is 2.71. The summed E-state index contributed by atoms with van der Waals surface area (Å²) in [6, 6.07) is 16.9. The van der Waals surface area contributed by atoms with Crippen molar-refractivity contribution < 1.29 is 4.79 Å². The number of thioether (sulfide) groups is 1. The van der Waals surface area contributed by atoms with Crippen LogP contribution in [-0.2, 0) is 0 Å². The van der Waals surface area contributed by atoms with Crippen LogP contribution in [0.5, 0.6) is 0 Å². The quantitative estimate of drug-likeness (QED) is 0.480. The molecule has 2 rings (SSSR count). The first-order chi connectivity index (χ1) is 11.1. The number of carbonyl (C=O) groups is 1. The molecule has 0 unspecified atom stereocenters. The Bertz CT molecular complexity index is 751. The summed E-state index contributed by atoms with van der Waals surface area (Å²) in [4.78, 5) is 12.3. The molecule has 0 atom stereocenters. The van der Waals surface area contributed by atoms with Crippen LogP contribution >= 0.6 is 24.0 Å². The van der Waals surface area contributed by atoms with Gasteiger partial charge in [0, 0.05) is 21.8 Å². The van der Waals surface area contributed by atoms with Crippen molar-refractivity contribution in [3.63, 3.8) is 0 Å². The molecule has 0 radical (unpaired) electrons. The fraction of sp³-hybridized carbons (Fsp3) is 0.118. The van der Waals surface area contributed by atoms with Crippen molar-refractivity contribution in [3.8, 4) is 6.07 Å². The number of nitrogens with one attached hydrogen (secondary N) is 2. The molecule has 0 spiro atoms. The summed E-state index contributed by atoms with van der Waals surface area (Å²) in [6.07, 6.45) is 0. The van der Waals surface area contributed by atoms with E-state index >= 15 is 0 Å². The molecular formula is C17H15N3OS2. The number of ketones is 1. The molecule has 2 aromatic rings. The molecule has 0 aliphatic rings. The second-order valence-electron chi connectivity index (χ2n) is 4.69. The number of hydrogen-bond acceptors (Lipinski definition) is 4. The fourth-order valence-electron chi connectivity index (χ4n) is 1.86. The van der Waals surface area contributed by atoms with Gasteiger partial charge in [0.25, 0.3) is 0 Å². The highest BCUT2D eigenvalue weighted by Crippen LogP contribution is 2.21. The third-order valence-corrected chi connectivity index (χ3v) is 4.01. The molecule has 0 aromatic heterocycles. The second-order valence-corrected chi connectivity index (χ2v) is 6.14. The summed E-state index contributed by atoms with van der Waals surface area (Å²) in [7, 11) is 0. The zero-order valence-electron chi connectivity index (χ0n) is 12.5. The molecular weight excluding hydrogens is 326 g/mol. The Morgan fingerprint density at radius 1 is 1.17 bits per heavy atom. The van der Waals surface area contributed by atoms with Crippen molar-refractivity contribution >= 4 is 46.3 Å².